The fourth-order valence-corrected chi connectivity index (χ4v) is 6.99. The molecular weight excluding hydrogens is 458 g/mol. The lowest BCUT2D eigenvalue weighted by Gasteiger charge is -2.49. The number of hydrogen-bond acceptors (Lipinski definition) is 7. The molecule has 0 saturated carbocycles. The second-order valence-corrected chi connectivity index (χ2v) is 11.0. The lowest BCUT2D eigenvalue weighted by atomic mass is 9.99. The first-order valence-corrected chi connectivity index (χ1v) is 13.7. The van der Waals surface area contributed by atoms with Gasteiger partial charge in [-0.2, -0.15) is 10.4 Å². The Kier molecular flexibility index (Phi) is 6.69. The Balaban J connectivity index is 1.49. The maximum atomic E-state index is 12.9. The number of nitriles is 1. The zero-order valence-corrected chi connectivity index (χ0v) is 22.0. The smallest absolute Gasteiger partial charge is 0.252 e. The van der Waals surface area contributed by atoms with Gasteiger partial charge >= 0.3 is 0 Å². The minimum Gasteiger partial charge on any atom is -0.364 e. The summed E-state index contributed by atoms with van der Waals surface area (Å²) in [4.78, 5) is 24.5. The molecule has 1 unspecified atom stereocenters. The van der Waals surface area contributed by atoms with Crippen molar-refractivity contribution in [2.24, 2.45) is 7.05 Å². The molecule has 4 heterocycles. The van der Waals surface area contributed by atoms with Gasteiger partial charge in [0.15, 0.2) is 0 Å². The normalized spacial score (nSPS) is 21.7. The Hall–Kier alpha value is -2.70. The van der Waals surface area contributed by atoms with Crippen LogP contribution < -0.4 is 10.5 Å². The molecule has 1 fully saturated rings. The number of pyridine rings is 1. The number of rotatable bonds is 6. The van der Waals surface area contributed by atoms with E-state index >= 15 is 0 Å². The zero-order valence-electron chi connectivity index (χ0n) is 21.2. The molecule has 1 aliphatic carbocycles. The Morgan fingerprint density at radius 2 is 1.97 bits per heavy atom. The van der Waals surface area contributed by atoms with Crippen molar-refractivity contribution in [1.29, 1.82) is 5.26 Å². The number of anilines is 1. The van der Waals surface area contributed by atoms with Crippen molar-refractivity contribution in [3.63, 3.8) is 0 Å². The van der Waals surface area contributed by atoms with Crippen molar-refractivity contribution in [1.82, 2.24) is 24.2 Å². The predicted molar refractivity (Wildman–Crippen MR) is 140 cm³/mol. The summed E-state index contributed by atoms with van der Waals surface area (Å²) in [6.07, 6.45) is 8.66. The quantitative estimate of drug-likeness (QED) is 0.516. The highest BCUT2D eigenvalue weighted by Crippen LogP contribution is 2.37. The van der Waals surface area contributed by atoms with Crippen molar-refractivity contribution >= 4 is 28.1 Å². The maximum absolute atomic E-state index is 12.9. The molecule has 35 heavy (non-hydrogen) atoms. The van der Waals surface area contributed by atoms with Crippen LogP contribution in [0.1, 0.15) is 68.1 Å². The summed E-state index contributed by atoms with van der Waals surface area (Å²) < 4.78 is 3.26. The third-order valence-corrected chi connectivity index (χ3v) is 9.21. The van der Waals surface area contributed by atoms with E-state index in [0.29, 0.717) is 6.04 Å². The molecule has 0 N–H and O–H groups in total. The van der Waals surface area contributed by atoms with Crippen LogP contribution in [0.25, 0.3) is 11.0 Å². The van der Waals surface area contributed by atoms with E-state index in [0.717, 1.165) is 49.1 Å². The molecule has 186 valence electrons. The molecule has 8 nitrogen and oxygen atoms in total. The second kappa shape index (κ2) is 9.75. The third kappa shape index (κ3) is 4.27. The highest BCUT2D eigenvalue weighted by Gasteiger charge is 2.37. The van der Waals surface area contributed by atoms with E-state index in [1.54, 1.807) is 22.4 Å². The van der Waals surface area contributed by atoms with Crippen molar-refractivity contribution in [3.05, 3.63) is 38.2 Å². The summed E-state index contributed by atoms with van der Waals surface area (Å²) in [5.74, 6) is 0. The molecule has 1 saturated heterocycles. The van der Waals surface area contributed by atoms with Gasteiger partial charge in [-0.25, -0.2) is 4.98 Å². The van der Waals surface area contributed by atoms with Crippen molar-refractivity contribution in [2.75, 3.05) is 18.0 Å². The van der Waals surface area contributed by atoms with Crippen LogP contribution in [0.4, 0.5) is 5.69 Å². The number of aryl methyl sites for hydroxylation is 3. The van der Waals surface area contributed by atoms with Crippen LogP contribution >= 0.6 is 11.3 Å². The molecule has 0 radical (unpaired) electrons. The van der Waals surface area contributed by atoms with Gasteiger partial charge in [0.05, 0.1) is 35.2 Å². The highest BCUT2D eigenvalue weighted by atomic mass is 32.1. The first-order valence-electron chi connectivity index (χ1n) is 12.9. The molecule has 3 atom stereocenters. The van der Waals surface area contributed by atoms with Gasteiger partial charge in [0.25, 0.3) is 5.56 Å². The van der Waals surface area contributed by atoms with Gasteiger partial charge in [-0.1, -0.05) is 13.8 Å². The van der Waals surface area contributed by atoms with Gasteiger partial charge < -0.3 is 9.47 Å². The molecule has 2 aliphatic rings. The molecule has 0 amide bonds. The molecule has 3 aromatic heterocycles. The van der Waals surface area contributed by atoms with E-state index in [-0.39, 0.29) is 24.2 Å². The summed E-state index contributed by atoms with van der Waals surface area (Å²) in [6.45, 7) is 8.73. The molecule has 0 aromatic carbocycles. The predicted octanol–water partition coefficient (Wildman–Crippen LogP) is 4.03. The van der Waals surface area contributed by atoms with Crippen LogP contribution in [0.15, 0.2) is 17.1 Å². The summed E-state index contributed by atoms with van der Waals surface area (Å²) in [7, 11) is 1.77. The van der Waals surface area contributed by atoms with E-state index in [2.05, 4.69) is 36.6 Å². The van der Waals surface area contributed by atoms with Gasteiger partial charge in [0.1, 0.15) is 17.1 Å². The number of fused-ring (bicyclic) bond motifs is 2. The van der Waals surface area contributed by atoms with Crippen molar-refractivity contribution in [3.8, 4) is 6.07 Å². The summed E-state index contributed by atoms with van der Waals surface area (Å²) in [5.41, 5.74) is 3.75. The maximum Gasteiger partial charge on any atom is 0.252 e. The van der Waals surface area contributed by atoms with E-state index < -0.39 is 0 Å². The van der Waals surface area contributed by atoms with Crippen LogP contribution in [0, 0.1) is 11.3 Å². The van der Waals surface area contributed by atoms with Crippen LogP contribution in [0.2, 0.25) is 0 Å². The van der Waals surface area contributed by atoms with Gasteiger partial charge in [-0.15, -0.1) is 11.3 Å². The molecule has 5 rings (SSSR count). The van der Waals surface area contributed by atoms with Crippen LogP contribution in [0.3, 0.4) is 0 Å². The van der Waals surface area contributed by atoms with E-state index in [1.165, 1.54) is 34.8 Å². The minimum absolute atomic E-state index is 0.0453. The Morgan fingerprint density at radius 3 is 2.69 bits per heavy atom. The van der Waals surface area contributed by atoms with Gasteiger partial charge in [-0.3, -0.25) is 14.4 Å². The molecule has 0 bridgehead atoms. The standard InChI is InChI=1S/C26H35N7OS/c1-5-18-15-33(21-13-24(34)30(4)22-16-31(12-11-27)29-25(21)22)19(6-2)14-32(18)17(3)26-28-20-9-7-8-10-23(20)35-26/h13,16-19H,5-10,12,14-15H2,1-4H3/t17?,18-,19+/m1/s1. The highest BCUT2D eigenvalue weighted by molar-refractivity contribution is 7.11. The molecule has 9 heteroatoms. The monoisotopic (exact) mass is 493 g/mol. The topological polar surface area (TPSA) is 83.0 Å². The number of thiazole rings is 1. The third-order valence-electron chi connectivity index (χ3n) is 7.88. The zero-order chi connectivity index (χ0) is 24.7. The number of nitrogens with zero attached hydrogens (tertiary/aromatic N) is 7. The Morgan fingerprint density at radius 1 is 1.20 bits per heavy atom. The number of aromatic nitrogens is 4. The fourth-order valence-electron chi connectivity index (χ4n) is 5.76. The lowest BCUT2D eigenvalue weighted by Crippen LogP contribution is -2.58. The fraction of sp³-hybridized carbons (Fsp3) is 0.615. The van der Waals surface area contributed by atoms with Crippen LogP contribution in [0.5, 0.6) is 0 Å². The molecular formula is C26H35N7OS. The Labute approximate surface area is 210 Å². The van der Waals surface area contributed by atoms with Crippen LogP contribution in [-0.4, -0.2) is 49.4 Å². The Bertz CT molecular complexity index is 1290. The molecule has 0 spiro atoms. The van der Waals surface area contributed by atoms with Gasteiger partial charge in [0, 0.05) is 43.2 Å². The van der Waals surface area contributed by atoms with Crippen molar-refractivity contribution in [2.45, 2.75) is 84.0 Å². The van der Waals surface area contributed by atoms with E-state index in [1.807, 2.05) is 17.5 Å². The lowest BCUT2D eigenvalue weighted by molar-refractivity contribution is 0.101. The first-order chi connectivity index (χ1) is 16.9. The molecule has 3 aromatic rings. The SMILES string of the molecule is CC[C@H]1CN(C(C)c2nc3c(s2)CCCC3)[C@H](CC)CN1c1cc(=O)n(C)c2cn(CC#N)nc12. The van der Waals surface area contributed by atoms with E-state index in [9.17, 15) is 4.79 Å². The summed E-state index contributed by atoms with van der Waals surface area (Å²) in [6, 6.07) is 4.79. The van der Waals surface area contributed by atoms with Gasteiger partial charge in [0.2, 0.25) is 0 Å². The first kappa shape index (κ1) is 24.0. The average molecular weight is 494 g/mol. The second-order valence-electron chi connectivity index (χ2n) is 9.92. The van der Waals surface area contributed by atoms with E-state index in [4.69, 9.17) is 15.3 Å². The van der Waals surface area contributed by atoms with Gasteiger partial charge in [-0.05, 0) is 45.4 Å². The number of piperazine rings is 1. The largest absolute Gasteiger partial charge is 0.364 e. The minimum atomic E-state index is -0.0453. The van der Waals surface area contributed by atoms with Crippen molar-refractivity contribution < 1.29 is 0 Å². The molecule has 1 aliphatic heterocycles. The summed E-state index contributed by atoms with van der Waals surface area (Å²) in [5, 5.41) is 15.1. The number of hydrogen-bond donors (Lipinski definition) is 0. The van der Waals surface area contributed by atoms with Crippen LogP contribution in [-0.2, 0) is 26.4 Å². The summed E-state index contributed by atoms with van der Waals surface area (Å²) >= 11 is 1.92. The average Bonchev–Trinajstić information content (AvgIpc) is 3.50.